The second-order valence-electron chi connectivity index (χ2n) is 7.76. The fraction of sp³-hybridized carbons (Fsp3) is 0.208. The fourth-order valence-electron chi connectivity index (χ4n) is 3.41. The van der Waals surface area contributed by atoms with Crippen molar-refractivity contribution in [2.45, 2.75) is 31.8 Å². The maximum Gasteiger partial charge on any atom is 0.418 e. The number of anilines is 2. The van der Waals surface area contributed by atoms with E-state index in [4.69, 9.17) is 0 Å². The van der Waals surface area contributed by atoms with E-state index in [0.29, 0.717) is 0 Å². The number of amides is 1. The van der Waals surface area contributed by atoms with Crippen LogP contribution < -0.4 is 9.62 Å². The molecule has 0 aliphatic carbocycles. The van der Waals surface area contributed by atoms with Gasteiger partial charge in [0.25, 0.3) is 10.0 Å². The molecule has 3 rings (SSSR count). The van der Waals surface area contributed by atoms with Crippen LogP contribution in [0.25, 0.3) is 0 Å². The Bertz CT molecular complexity index is 1250. The van der Waals surface area contributed by atoms with Crippen LogP contribution in [-0.2, 0) is 21.0 Å². The molecule has 3 aromatic rings. The minimum atomic E-state index is -4.68. The lowest BCUT2D eigenvalue weighted by atomic mass is 10.1. The summed E-state index contributed by atoms with van der Waals surface area (Å²) in [6, 6.07) is 15.7. The van der Waals surface area contributed by atoms with Gasteiger partial charge in [0, 0.05) is 0 Å². The van der Waals surface area contributed by atoms with Crippen molar-refractivity contribution < 1.29 is 26.4 Å². The summed E-state index contributed by atoms with van der Waals surface area (Å²) in [6.07, 6.45) is -4.68. The number of benzene rings is 3. The average Bonchev–Trinajstić information content (AvgIpc) is 2.71. The van der Waals surface area contributed by atoms with E-state index >= 15 is 0 Å². The molecule has 0 aliphatic heterocycles. The van der Waals surface area contributed by atoms with Crippen LogP contribution >= 0.6 is 0 Å². The van der Waals surface area contributed by atoms with E-state index in [-0.39, 0.29) is 10.6 Å². The summed E-state index contributed by atoms with van der Waals surface area (Å²) in [6.45, 7) is 4.68. The number of hydrogen-bond donors (Lipinski definition) is 1. The zero-order valence-corrected chi connectivity index (χ0v) is 19.1. The first kappa shape index (κ1) is 24.3. The Kier molecular flexibility index (Phi) is 6.83. The molecule has 0 unspecified atom stereocenters. The van der Waals surface area contributed by atoms with Crippen molar-refractivity contribution >= 4 is 27.3 Å². The van der Waals surface area contributed by atoms with E-state index in [1.807, 2.05) is 13.0 Å². The van der Waals surface area contributed by atoms with Gasteiger partial charge in [0.2, 0.25) is 5.91 Å². The van der Waals surface area contributed by atoms with Crippen LogP contribution in [0.3, 0.4) is 0 Å². The van der Waals surface area contributed by atoms with Crippen molar-refractivity contribution in [1.82, 2.24) is 0 Å². The van der Waals surface area contributed by atoms with Gasteiger partial charge in [-0.1, -0.05) is 35.9 Å². The molecule has 1 amide bonds. The van der Waals surface area contributed by atoms with Gasteiger partial charge in [-0.3, -0.25) is 9.10 Å². The van der Waals surface area contributed by atoms with Gasteiger partial charge in [0.15, 0.2) is 0 Å². The van der Waals surface area contributed by atoms with Gasteiger partial charge in [-0.25, -0.2) is 8.42 Å². The Labute approximate surface area is 190 Å². The van der Waals surface area contributed by atoms with Gasteiger partial charge in [0.1, 0.15) is 6.54 Å². The average molecular weight is 477 g/mol. The molecule has 0 fully saturated rings. The lowest BCUT2D eigenvalue weighted by Gasteiger charge is -2.25. The van der Waals surface area contributed by atoms with Gasteiger partial charge < -0.3 is 5.32 Å². The molecule has 3 aromatic carbocycles. The SMILES string of the molecule is Cc1ccc(S(=O)(=O)N(CC(=O)Nc2ccccc2C(F)(F)F)c2cc(C)cc(C)c2)cc1. The quantitative estimate of drug-likeness (QED) is 0.514. The highest BCUT2D eigenvalue weighted by Gasteiger charge is 2.34. The largest absolute Gasteiger partial charge is 0.418 e. The summed E-state index contributed by atoms with van der Waals surface area (Å²) in [5, 5.41) is 2.21. The highest BCUT2D eigenvalue weighted by atomic mass is 32.2. The molecule has 1 N–H and O–H groups in total. The highest BCUT2D eigenvalue weighted by molar-refractivity contribution is 7.92. The van der Waals surface area contributed by atoms with Gasteiger partial charge in [-0.05, 0) is 68.3 Å². The number of hydrogen-bond acceptors (Lipinski definition) is 3. The Morgan fingerprint density at radius 2 is 1.45 bits per heavy atom. The fourth-order valence-corrected chi connectivity index (χ4v) is 4.81. The zero-order chi connectivity index (χ0) is 24.4. The van der Waals surface area contributed by atoms with Crippen molar-refractivity contribution in [3.8, 4) is 0 Å². The molecule has 0 spiro atoms. The maximum absolute atomic E-state index is 13.4. The summed E-state index contributed by atoms with van der Waals surface area (Å²) < 4.78 is 67.7. The molecule has 33 heavy (non-hydrogen) atoms. The minimum Gasteiger partial charge on any atom is -0.324 e. The molecule has 5 nitrogen and oxygen atoms in total. The molecule has 9 heteroatoms. The number of carbonyl (C=O) groups is 1. The number of sulfonamides is 1. The number of halogens is 3. The Morgan fingerprint density at radius 1 is 0.879 bits per heavy atom. The van der Waals surface area contributed by atoms with Crippen LogP contribution in [0.15, 0.2) is 71.6 Å². The second kappa shape index (κ2) is 9.27. The van der Waals surface area contributed by atoms with Gasteiger partial charge in [-0.15, -0.1) is 0 Å². The van der Waals surface area contributed by atoms with Crippen LogP contribution in [0.1, 0.15) is 22.3 Å². The predicted octanol–water partition coefficient (Wildman–Crippen LogP) is 5.46. The van der Waals surface area contributed by atoms with Gasteiger partial charge in [-0.2, -0.15) is 13.2 Å². The molecular formula is C24H23F3N2O3S. The summed E-state index contributed by atoms with van der Waals surface area (Å²) in [7, 11) is -4.18. The summed E-state index contributed by atoms with van der Waals surface area (Å²) in [5.74, 6) is -0.901. The zero-order valence-electron chi connectivity index (χ0n) is 18.3. The number of alkyl halides is 3. The van der Waals surface area contributed by atoms with E-state index in [1.54, 1.807) is 38.1 Å². The lowest BCUT2D eigenvalue weighted by Crippen LogP contribution is -2.38. The minimum absolute atomic E-state index is 0.0317. The molecule has 174 valence electrons. The van der Waals surface area contributed by atoms with Crippen molar-refractivity contribution in [3.63, 3.8) is 0 Å². The third-order valence-electron chi connectivity index (χ3n) is 4.90. The number of rotatable bonds is 6. The van der Waals surface area contributed by atoms with Crippen LogP contribution in [0, 0.1) is 20.8 Å². The van der Waals surface area contributed by atoms with Crippen molar-refractivity contribution in [1.29, 1.82) is 0 Å². The van der Waals surface area contributed by atoms with E-state index in [9.17, 15) is 26.4 Å². The van der Waals surface area contributed by atoms with E-state index in [0.717, 1.165) is 33.1 Å². The Hall–Kier alpha value is -3.33. The molecular weight excluding hydrogens is 453 g/mol. The first-order chi connectivity index (χ1) is 15.4. The third kappa shape index (κ3) is 5.73. The first-order valence-electron chi connectivity index (χ1n) is 10.0. The van der Waals surface area contributed by atoms with Crippen molar-refractivity contribution in [3.05, 3.63) is 89.0 Å². The normalized spacial score (nSPS) is 11.8. The van der Waals surface area contributed by atoms with E-state index in [2.05, 4.69) is 5.32 Å². The maximum atomic E-state index is 13.4. The molecule has 0 saturated heterocycles. The van der Waals surface area contributed by atoms with Crippen LogP contribution in [0.2, 0.25) is 0 Å². The van der Waals surface area contributed by atoms with Crippen molar-refractivity contribution in [2.75, 3.05) is 16.2 Å². The number of nitrogens with one attached hydrogen (secondary N) is 1. The topological polar surface area (TPSA) is 66.5 Å². The molecule has 0 atom stereocenters. The van der Waals surface area contributed by atoms with Crippen LogP contribution in [0.4, 0.5) is 24.5 Å². The number of nitrogens with zero attached hydrogens (tertiary/aromatic N) is 1. The van der Waals surface area contributed by atoms with E-state index in [1.165, 1.54) is 24.3 Å². The van der Waals surface area contributed by atoms with Crippen LogP contribution in [0.5, 0.6) is 0 Å². The highest BCUT2D eigenvalue weighted by Crippen LogP contribution is 2.34. The summed E-state index contributed by atoms with van der Waals surface area (Å²) in [5.41, 5.74) is 1.19. The Balaban J connectivity index is 2.01. The lowest BCUT2D eigenvalue weighted by molar-refractivity contribution is -0.137. The summed E-state index contributed by atoms with van der Waals surface area (Å²) in [4.78, 5) is 12.8. The summed E-state index contributed by atoms with van der Waals surface area (Å²) >= 11 is 0. The molecule has 0 aromatic heterocycles. The standard InChI is InChI=1S/C24H23F3N2O3S/c1-16-8-10-20(11-9-16)33(31,32)29(19-13-17(2)12-18(3)14-19)15-23(30)28-22-7-5-4-6-21(22)24(25,26)27/h4-14H,15H2,1-3H3,(H,28,30). The molecule has 0 saturated carbocycles. The van der Waals surface area contributed by atoms with Gasteiger partial charge >= 0.3 is 6.18 Å². The van der Waals surface area contributed by atoms with Crippen molar-refractivity contribution in [2.24, 2.45) is 0 Å². The molecule has 0 aliphatic rings. The molecule has 0 bridgehead atoms. The monoisotopic (exact) mass is 476 g/mol. The first-order valence-corrected chi connectivity index (χ1v) is 11.5. The van der Waals surface area contributed by atoms with Crippen LogP contribution in [-0.4, -0.2) is 20.9 Å². The molecule has 0 heterocycles. The predicted molar refractivity (Wildman–Crippen MR) is 122 cm³/mol. The number of carbonyl (C=O) groups excluding carboxylic acids is 1. The second-order valence-corrected chi connectivity index (χ2v) is 9.62. The smallest absolute Gasteiger partial charge is 0.324 e. The van der Waals surface area contributed by atoms with E-state index < -0.39 is 39.9 Å². The van der Waals surface area contributed by atoms with Gasteiger partial charge in [0.05, 0.1) is 21.8 Å². The number of para-hydroxylation sites is 1. The third-order valence-corrected chi connectivity index (χ3v) is 6.69. The molecule has 0 radical (unpaired) electrons. The Morgan fingerprint density at radius 3 is 2.03 bits per heavy atom. The number of aryl methyl sites for hydroxylation is 3.